The van der Waals surface area contributed by atoms with Gasteiger partial charge in [-0.05, 0) is 18.4 Å². The van der Waals surface area contributed by atoms with Gasteiger partial charge in [-0.2, -0.15) is 0 Å². The minimum Gasteiger partial charge on any atom is -0.480 e. The van der Waals surface area contributed by atoms with Gasteiger partial charge in [-0.25, -0.2) is 9.59 Å². The van der Waals surface area contributed by atoms with E-state index in [0.29, 0.717) is 12.8 Å². The van der Waals surface area contributed by atoms with Crippen LogP contribution >= 0.6 is 0 Å². The molecule has 0 saturated carbocycles. The van der Waals surface area contributed by atoms with Crippen LogP contribution in [0.15, 0.2) is 30.3 Å². The molecule has 1 aliphatic rings. The van der Waals surface area contributed by atoms with E-state index in [0.717, 1.165) is 10.5 Å². The van der Waals surface area contributed by atoms with E-state index in [-0.39, 0.29) is 6.04 Å². The molecule has 5 heteroatoms. The average molecular weight is 235 g/mol. The van der Waals surface area contributed by atoms with Gasteiger partial charge in [-0.15, -0.1) is 0 Å². The normalized spacial score (nSPS) is 23.6. The third-order valence-corrected chi connectivity index (χ3v) is 3.08. The highest BCUT2D eigenvalue weighted by atomic mass is 16.4. The van der Waals surface area contributed by atoms with Crippen LogP contribution in [0.1, 0.15) is 24.4 Å². The first-order valence-electron chi connectivity index (χ1n) is 5.40. The van der Waals surface area contributed by atoms with E-state index in [9.17, 15) is 9.59 Å². The van der Waals surface area contributed by atoms with Crippen molar-refractivity contribution in [1.82, 2.24) is 4.90 Å². The molecule has 1 aliphatic heterocycles. The number of hydrogen-bond acceptors (Lipinski definition) is 2. The lowest BCUT2D eigenvalue weighted by Crippen LogP contribution is -2.40. The predicted octanol–water partition coefficient (Wildman–Crippen LogP) is 1.95. The summed E-state index contributed by atoms with van der Waals surface area (Å²) in [6, 6.07) is 7.85. The SMILES string of the molecule is O=C(O)[C@@H]1CC[C@H](c2ccccc2)N1C(=O)O. The van der Waals surface area contributed by atoms with Crippen LogP contribution in [0.2, 0.25) is 0 Å². The summed E-state index contributed by atoms with van der Waals surface area (Å²) >= 11 is 0. The summed E-state index contributed by atoms with van der Waals surface area (Å²) in [5.41, 5.74) is 0.846. The Hall–Kier alpha value is -2.04. The van der Waals surface area contributed by atoms with Gasteiger partial charge in [0.2, 0.25) is 0 Å². The van der Waals surface area contributed by atoms with E-state index in [1.54, 1.807) is 0 Å². The van der Waals surface area contributed by atoms with Crippen LogP contribution in [0.5, 0.6) is 0 Å². The molecule has 0 aromatic heterocycles. The number of carboxylic acid groups (broad SMARTS) is 2. The molecule has 1 aromatic rings. The van der Waals surface area contributed by atoms with Crippen LogP contribution in [0, 0.1) is 0 Å². The van der Waals surface area contributed by atoms with Crippen molar-refractivity contribution in [2.24, 2.45) is 0 Å². The number of hydrogen-bond donors (Lipinski definition) is 2. The van der Waals surface area contributed by atoms with Crippen LogP contribution in [0.3, 0.4) is 0 Å². The zero-order valence-corrected chi connectivity index (χ0v) is 9.11. The number of benzene rings is 1. The zero-order valence-electron chi connectivity index (χ0n) is 9.11. The number of rotatable bonds is 2. The van der Waals surface area contributed by atoms with Crippen molar-refractivity contribution in [3.05, 3.63) is 35.9 Å². The Morgan fingerprint density at radius 1 is 1.12 bits per heavy atom. The molecular formula is C12H13NO4. The van der Waals surface area contributed by atoms with Crippen molar-refractivity contribution >= 4 is 12.1 Å². The van der Waals surface area contributed by atoms with Gasteiger partial charge in [0.1, 0.15) is 6.04 Å². The maximum atomic E-state index is 11.2. The van der Waals surface area contributed by atoms with Gasteiger partial charge in [0.05, 0.1) is 6.04 Å². The summed E-state index contributed by atoms with van der Waals surface area (Å²) in [7, 11) is 0. The lowest BCUT2D eigenvalue weighted by Gasteiger charge is -2.25. The summed E-state index contributed by atoms with van der Waals surface area (Å²) in [5, 5.41) is 18.1. The minimum absolute atomic E-state index is 0.352. The Kier molecular flexibility index (Phi) is 2.99. The van der Waals surface area contributed by atoms with Crippen LogP contribution in [0.25, 0.3) is 0 Å². The molecule has 1 amide bonds. The maximum absolute atomic E-state index is 11.2. The van der Waals surface area contributed by atoms with E-state index in [4.69, 9.17) is 10.2 Å². The second kappa shape index (κ2) is 4.45. The lowest BCUT2D eigenvalue weighted by atomic mass is 10.1. The van der Waals surface area contributed by atoms with Crippen molar-refractivity contribution in [2.45, 2.75) is 24.9 Å². The number of likely N-dealkylation sites (tertiary alicyclic amines) is 1. The third-order valence-electron chi connectivity index (χ3n) is 3.08. The average Bonchev–Trinajstić information content (AvgIpc) is 2.74. The predicted molar refractivity (Wildman–Crippen MR) is 59.7 cm³/mol. The van der Waals surface area contributed by atoms with Gasteiger partial charge in [0.15, 0.2) is 0 Å². The Morgan fingerprint density at radius 2 is 1.76 bits per heavy atom. The first kappa shape index (κ1) is 11.4. The van der Waals surface area contributed by atoms with E-state index < -0.39 is 18.1 Å². The number of carbonyl (C=O) groups is 2. The second-order valence-corrected chi connectivity index (χ2v) is 4.05. The molecule has 1 saturated heterocycles. The molecule has 90 valence electrons. The van der Waals surface area contributed by atoms with Gasteiger partial charge in [0.25, 0.3) is 0 Å². The molecule has 0 bridgehead atoms. The molecule has 2 rings (SSSR count). The fourth-order valence-corrected chi connectivity index (χ4v) is 2.32. The summed E-state index contributed by atoms with van der Waals surface area (Å²) < 4.78 is 0. The van der Waals surface area contributed by atoms with Gasteiger partial charge in [-0.3, -0.25) is 4.90 Å². The van der Waals surface area contributed by atoms with Gasteiger partial charge < -0.3 is 10.2 Å². The van der Waals surface area contributed by atoms with E-state index in [2.05, 4.69) is 0 Å². The zero-order chi connectivity index (χ0) is 12.4. The van der Waals surface area contributed by atoms with E-state index in [1.807, 2.05) is 30.3 Å². The molecule has 5 nitrogen and oxygen atoms in total. The minimum atomic E-state index is -1.18. The van der Waals surface area contributed by atoms with Crippen molar-refractivity contribution in [3.63, 3.8) is 0 Å². The van der Waals surface area contributed by atoms with Gasteiger partial charge in [0, 0.05) is 0 Å². The number of aliphatic carboxylic acids is 1. The molecule has 1 fully saturated rings. The molecule has 2 N–H and O–H groups in total. The topological polar surface area (TPSA) is 77.8 Å². The van der Waals surface area contributed by atoms with Gasteiger partial charge >= 0.3 is 12.1 Å². The third kappa shape index (κ3) is 2.08. The van der Waals surface area contributed by atoms with Crippen molar-refractivity contribution < 1.29 is 19.8 Å². The fourth-order valence-electron chi connectivity index (χ4n) is 2.32. The molecular weight excluding hydrogens is 222 g/mol. The van der Waals surface area contributed by atoms with Crippen molar-refractivity contribution in [1.29, 1.82) is 0 Å². The van der Waals surface area contributed by atoms with Crippen LogP contribution in [-0.2, 0) is 4.79 Å². The Balaban J connectivity index is 2.30. The molecule has 0 radical (unpaired) electrons. The van der Waals surface area contributed by atoms with E-state index >= 15 is 0 Å². The summed E-state index contributed by atoms with van der Waals surface area (Å²) in [6.45, 7) is 0. The lowest BCUT2D eigenvalue weighted by molar-refractivity contribution is -0.142. The smallest absolute Gasteiger partial charge is 0.408 e. The number of nitrogens with zero attached hydrogens (tertiary/aromatic N) is 1. The van der Waals surface area contributed by atoms with Crippen LogP contribution in [0.4, 0.5) is 4.79 Å². The molecule has 2 atom stereocenters. The molecule has 0 aliphatic carbocycles. The molecule has 0 spiro atoms. The first-order chi connectivity index (χ1) is 8.11. The van der Waals surface area contributed by atoms with Gasteiger partial charge in [-0.1, -0.05) is 30.3 Å². The summed E-state index contributed by atoms with van der Waals surface area (Å²) in [5.74, 6) is -1.08. The highest BCUT2D eigenvalue weighted by Gasteiger charge is 2.41. The van der Waals surface area contributed by atoms with Crippen LogP contribution in [-0.4, -0.2) is 33.2 Å². The van der Waals surface area contributed by atoms with Crippen LogP contribution < -0.4 is 0 Å². The number of carboxylic acids is 1. The Labute approximate surface area is 98.3 Å². The Bertz CT molecular complexity index is 431. The summed E-state index contributed by atoms with van der Waals surface area (Å²) in [4.78, 5) is 23.2. The molecule has 17 heavy (non-hydrogen) atoms. The number of amides is 1. The Morgan fingerprint density at radius 3 is 2.29 bits per heavy atom. The van der Waals surface area contributed by atoms with Crippen molar-refractivity contribution in [3.8, 4) is 0 Å². The largest absolute Gasteiger partial charge is 0.480 e. The molecule has 1 heterocycles. The van der Waals surface area contributed by atoms with Crippen molar-refractivity contribution in [2.75, 3.05) is 0 Å². The standard InChI is InChI=1S/C12H13NO4/c14-11(15)10-7-6-9(13(10)12(16)17)8-4-2-1-3-5-8/h1-5,9-10H,6-7H2,(H,14,15)(H,16,17)/t9-,10+/m1/s1. The monoisotopic (exact) mass is 235 g/mol. The van der Waals surface area contributed by atoms with E-state index in [1.165, 1.54) is 0 Å². The second-order valence-electron chi connectivity index (χ2n) is 4.05. The molecule has 1 aromatic carbocycles. The molecule has 0 unspecified atom stereocenters. The highest BCUT2D eigenvalue weighted by molar-refractivity contribution is 5.80. The highest BCUT2D eigenvalue weighted by Crippen LogP contribution is 2.36. The maximum Gasteiger partial charge on any atom is 0.408 e. The fraction of sp³-hybridized carbons (Fsp3) is 0.333. The summed E-state index contributed by atoms with van der Waals surface area (Å²) in [6.07, 6.45) is -0.266. The quantitative estimate of drug-likeness (QED) is 0.821. The first-order valence-corrected chi connectivity index (χ1v) is 5.40.